The largest absolute Gasteiger partial charge is 0.371 e. The topological polar surface area (TPSA) is 29.3 Å². The third-order valence-corrected chi connectivity index (χ3v) is 5.12. The summed E-state index contributed by atoms with van der Waals surface area (Å²) in [6, 6.07) is 3.98. The van der Waals surface area contributed by atoms with Crippen LogP contribution in [0.3, 0.4) is 0 Å². The van der Waals surface area contributed by atoms with Crippen LogP contribution in [0.2, 0.25) is 0 Å². The quantitative estimate of drug-likeness (QED) is 0.881. The van der Waals surface area contributed by atoms with Gasteiger partial charge >= 0.3 is 0 Å². The van der Waals surface area contributed by atoms with Crippen molar-refractivity contribution in [2.75, 3.05) is 11.9 Å². The molecule has 1 fully saturated rings. The maximum absolute atomic E-state index is 13.8. The Morgan fingerprint density at radius 1 is 1.29 bits per heavy atom. The smallest absolute Gasteiger partial charge is 0.126 e. The molecule has 0 saturated heterocycles. The molecule has 0 heterocycles. The lowest BCUT2D eigenvalue weighted by Crippen LogP contribution is -2.36. The van der Waals surface area contributed by atoms with Crippen molar-refractivity contribution in [2.45, 2.75) is 65.0 Å². The average molecular weight is 292 g/mol. The van der Waals surface area contributed by atoms with Gasteiger partial charge in [-0.2, -0.15) is 0 Å². The fourth-order valence-corrected chi connectivity index (χ4v) is 3.49. The highest BCUT2D eigenvalue weighted by Gasteiger charge is 2.25. The van der Waals surface area contributed by atoms with Crippen LogP contribution in [0.15, 0.2) is 12.1 Å². The van der Waals surface area contributed by atoms with Gasteiger partial charge in [0.1, 0.15) is 5.82 Å². The predicted octanol–water partition coefficient (Wildman–Crippen LogP) is 4.56. The molecule has 2 N–H and O–H groups in total. The first kappa shape index (κ1) is 16.3. The highest BCUT2D eigenvalue weighted by atomic mass is 19.1. The molecule has 0 aromatic heterocycles. The fourth-order valence-electron chi connectivity index (χ4n) is 3.49. The number of rotatable bonds is 4. The molecule has 1 atom stereocenters. The molecule has 1 unspecified atom stereocenters. The molecule has 0 bridgehead atoms. The maximum Gasteiger partial charge on any atom is 0.126 e. The Balaban J connectivity index is 2.22. The maximum atomic E-state index is 13.8. The van der Waals surface area contributed by atoms with Crippen molar-refractivity contribution in [3.63, 3.8) is 0 Å². The number of benzene rings is 1. The van der Waals surface area contributed by atoms with Crippen LogP contribution < -0.4 is 10.6 Å². The van der Waals surface area contributed by atoms with E-state index >= 15 is 0 Å². The van der Waals surface area contributed by atoms with Crippen LogP contribution in [0.5, 0.6) is 0 Å². The third-order valence-electron chi connectivity index (χ3n) is 5.12. The fraction of sp³-hybridized carbons (Fsp3) is 0.667. The number of anilines is 1. The zero-order chi connectivity index (χ0) is 15.6. The van der Waals surface area contributed by atoms with Crippen LogP contribution in [0.4, 0.5) is 10.1 Å². The minimum Gasteiger partial charge on any atom is -0.371 e. The minimum atomic E-state index is -0.158. The molecular weight excluding hydrogens is 263 g/mol. The van der Waals surface area contributed by atoms with E-state index in [1.807, 2.05) is 19.9 Å². The molecule has 1 aromatic carbocycles. The monoisotopic (exact) mass is 292 g/mol. The number of aryl methyl sites for hydroxylation is 1. The molecule has 0 radical (unpaired) electrons. The lowest BCUT2D eigenvalue weighted by molar-refractivity contribution is 0.313. The second kappa shape index (κ2) is 6.78. The summed E-state index contributed by atoms with van der Waals surface area (Å²) in [7, 11) is 2.13. The summed E-state index contributed by atoms with van der Waals surface area (Å²) in [5.41, 5.74) is 8.76. The predicted molar refractivity (Wildman–Crippen MR) is 88.2 cm³/mol. The van der Waals surface area contributed by atoms with Crippen molar-refractivity contribution in [2.24, 2.45) is 11.7 Å². The van der Waals surface area contributed by atoms with Crippen LogP contribution in [0.25, 0.3) is 0 Å². The number of hydrogen-bond donors (Lipinski definition) is 1. The van der Waals surface area contributed by atoms with Gasteiger partial charge in [0.15, 0.2) is 0 Å². The molecule has 1 aliphatic carbocycles. The molecule has 1 aromatic rings. The van der Waals surface area contributed by atoms with Crippen molar-refractivity contribution in [3.8, 4) is 0 Å². The van der Waals surface area contributed by atoms with Crippen LogP contribution in [-0.2, 0) is 0 Å². The van der Waals surface area contributed by atoms with Crippen molar-refractivity contribution in [1.82, 2.24) is 0 Å². The molecule has 0 aliphatic heterocycles. The van der Waals surface area contributed by atoms with Gasteiger partial charge in [-0.05, 0) is 68.7 Å². The zero-order valence-corrected chi connectivity index (χ0v) is 13.8. The van der Waals surface area contributed by atoms with Gasteiger partial charge in [-0.1, -0.05) is 13.3 Å². The molecule has 118 valence electrons. The minimum absolute atomic E-state index is 0.149. The first-order valence-corrected chi connectivity index (χ1v) is 8.22. The lowest BCUT2D eigenvalue weighted by Gasteiger charge is -2.37. The standard InChI is InChI=1S/C18H29FN2/c1-5-14-6-8-15(9-7-14)21(4)18-10-12(2)17(19)11-16(18)13(3)20/h10-11,13-15H,5-9,20H2,1-4H3. The van der Waals surface area contributed by atoms with Gasteiger partial charge in [0.2, 0.25) is 0 Å². The van der Waals surface area contributed by atoms with E-state index in [0.29, 0.717) is 11.6 Å². The van der Waals surface area contributed by atoms with Crippen molar-refractivity contribution in [3.05, 3.63) is 29.1 Å². The Hall–Kier alpha value is -1.09. The van der Waals surface area contributed by atoms with E-state index in [9.17, 15) is 4.39 Å². The van der Waals surface area contributed by atoms with Gasteiger partial charge < -0.3 is 10.6 Å². The van der Waals surface area contributed by atoms with Crippen LogP contribution >= 0.6 is 0 Å². The number of nitrogens with two attached hydrogens (primary N) is 1. The van der Waals surface area contributed by atoms with Gasteiger partial charge in [-0.25, -0.2) is 4.39 Å². The average Bonchev–Trinajstić information content (AvgIpc) is 2.48. The SMILES string of the molecule is CCC1CCC(N(C)c2cc(C)c(F)cc2C(C)N)CC1. The highest BCUT2D eigenvalue weighted by molar-refractivity contribution is 5.57. The molecule has 1 aliphatic rings. The van der Waals surface area contributed by atoms with E-state index in [2.05, 4.69) is 18.9 Å². The number of hydrogen-bond acceptors (Lipinski definition) is 2. The van der Waals surface area contributed by atoms with E-state index in [1.54, 1.807) is 6.07 Å². The van der Waals surface area contributed by atoms with E-state index < -0.39 is 0 Å². The van der Waals surface area contributed by atoms with Crippen LogP contribution in [0, 0.1) is 18.7 Å². The van der Waals surface area contributed by atoms with Gasteiger partial charge in [0, 0.05) is 24.8 Å². The van der Waals surface area contributed by atoms with E-state index in [1.165, 1.54) is 32.1 Å². The lowest BCUT2D eigenvalue weighted by atomic mass is 9.83. The van der Waals surface area contributed by atoms with E-state index in [-0.39, 0.29) is 11.9 Å². The van der Waals surface area contributed by atoms with Gasteiger partial charge in [-0.3, -0.25) is 0 Å². The van der Waals surface area contributed by atoms with E-state index in [4.69, 9.17) is 5.73 Å². The summed E-state index contributed by atoms with van der Waals surface area (Å²) in [6.45, 7) is 6.04. The molecule has 2 rings (SSSR count). The Morgan fingerprint density at radius 3 is 2.43 bits per heavy atom. The van der Waals surface area contributed by atoms with Crippen molar-refractivity contribution in [1.29, 1.82) is 0 Å². The normalized spacial score (nSPS) is 23.9. The molecule has 21 heavy (non-hydrogen) atoms. The summed E-state index contributed by atoms with van der Waals surface area (Å²) < 4.78 is 13.8. The summed E-state index contributed by atoms with van der Waals surface area (Å²) in [6.07, 6.45) is 6.35. The van der Waals surface area contributed by atoms with Gasteiger partial charge in [-0.15, -0.1) is 0 Å². The number of nitrogens with zero attached hydrogens (tertiary/aromatic N) is 1. The molecule has 0 spiro atoms. The third kappa shape index (κ3) is 3.57. The Labute approximate surface area is 128 Å². The Bertz CT molecular complexity index is 476. The summed E-state index contributed by atoms with van der Waals surface area (Å²) in [5, 5.41) is 0. The van der Waals surface area contributed by atoms with Gasteiger partial charge in [0.25, 0.3) is 0 Å². The molecule has 1 saturated carbocycles. The van der Waals surface area contributed by atoms with Crippen molar-refractivity contribution < 1.29 is 4.39 Å². The summed E-state index contributed by atoms with van der Waals surface area (Å²) in [4.78, 5) is 2.33. The number of halogens is 1. The molecule has 3 heteroatoms. The van der Waals surface area contributed by atoms with Crippen LogP contribution in [0.1, 0.15) is 63.1 Å². The molecule has 2 nitrogen and oxygen atoms in total. The van der Waals surface area contributed by atoms with E-state index in [0.717, 1.165) is 17.2 Å². The zero-order valence-electron chi connectivity index (χ0n) is 13.8. The van der Waals surface area contributed by atoms with Crippen LogP contribution in [-0.4, -0.2) is 13.1 Å². The second-order valence-electron chi connectivity index (χ2n) is 6.64. The first-order valence-electron chi connectivity index (χ1n) is 8.22. The van der Waals surface area contributed by atoms with Gasteiger partial charge in [0.05, 0.1) is 0 Å². The summed E-state index contributed by atoms with van der Waals surface area (Å²) in [5.74, 6) is 0.728. The van der Waals surface area contributed by atoms with Crippen molar-refractivity contribution >= 4 is 5.69 Å². The molecule has 0 amide bonds. The Morgan fingerprint density at radius 2 is 1.90 bits per heavy atom. The first-order chi connectivity index (χ1) is 9.93. The summed E-state index contributed by atoms with van der Waals surface area (Å²) >= 11 is 0. The second-order valence-corrected chi connectivity index (χ2v) is 6.64. The highest BCUT2D eigenvalue weighted by Crippen LogP contribution is 2.34. The molecular formula is C18H29FN2. The Kier molecular flexibility index (Phi) is 5.26.